The van der Waals surface area contributed by atoms with Crippen LogP contribution in [0, 0.1) is 0 Å². The topological polar surface area (TPSA) is 60.7 Å². The molecule has 2 atom stereocenters. The van der Waals surface area contributed by atoms with Crippen LogP contribution in [0.5, 0.6) is 0 Å². The Morgan fingerprint density at radius 3 is 2.76 bits per heavy atom. The molecule has 25 heavy (non-hydrogen) atoms. The minimum Gasteiger partial charge on any atom is -0.466 e. The van der Waals surface area contributed by atoms with Gasteiger partial charge < -0.3 is 24.0 Å². The highest BCUT2D eigenvalue weighted by atomic mass is 16.5. The summed E-state index contributed by atoms with van der Waals surface area (Å²) in [6, 6.07) is 2.06. The van der Waals surface area contributed by atoms with Crippen LogP contribution >= 0.6 is 0 Å². The zero-order valence-corrected chi connectivity index (χ0v) is 16.3. The predicted molar refractivity (Wildman–Crippen MR) is 99.9 cm³/mol. The normalized spacial score (nSPS) is 16.9. The van der Waals surface area contributed by atoms with Crippen LogP contribution < -0.4 is 5.32 Å². The van der Waals surface area contributed by atoms with Crippen molar-refractivity contribution in [1.82, 2.24) is 5.32 Å². The molecule has 0 amide bonds. The Morgan fingerprint density at radius 1 is 1.36 bits per heavy atom. The van der Waals surface area contributed by atoms with Crippen molar-refractivity contribution >= 4 is 5.78 Å². The number of hydrogen-bond acceptors (Lipinski definition) is 5. The van der Waals surface area contributed by atoms with E-state index in [0.717, 1.165) is 57.6 Å². The van der Waals surface area contributed by atoms with Gasteiger partial charge in [0, 0.05) is 19.6 Å². The van der Waals surface area contributed by atoms with Crippen molar-refractivity contribution < 1.29 is 18.7 Å². The summed E-state index contributed by atoms with van der Waals surface area (Å²) in [5.74, 6) is 1.29. The zero-order chi connectivity index (χ0) is 18.5. The molecule has 1 aliphatic carbocycles. The second kappa shape index (κ2) is 13.1. The Hall–Kier alpha value is -1.17. The summed E-state index contributed by atoms with van der Waals surface area (Å²) in [7, 11) is 1.98. The summed E-state index contributed by atoms with van der Waals surface area (Å²) >= 11 is 0. The number of nitrogens with one attached hydrogen (secondary N) is 1. The Morgan fingerprint density at radius 2 is 2.12 bits per heavy atom. The molecular formula is C20H35NO4. The number of fused-ring (bicyclic) bond motifs is 1. The highest BCUT2D eigenvalue weighted by Gasteiger charge is 2.28. The highest BCUT2D eigenvalue weighted by Crippen LogP contribution is 2.36. The first kappa shape index (κ1) is 21.9. The maximum atomic E-state index is 9.81. The molecule has 0 aromatic carbocycles. The number of ketones is 1. The van der Waals surface area contributed by atoms with Crippen molar-refractivity contribution in [3.8, 4) is 0 Å². The fraction of sp³-hybridized carbons (Fsp3) is 0.750. The Bertz CT molecular complexity index is 472. The van der Waals surface area contributed by atoms with Crippen LogP contribution in [0.1, 0.15) is 70.3 Å². The fourth-order valence-electron chi connectivity index (χ4n) is 2.66. The third-order valence-corrected chi connectivity index (χ3v) is 4.25. The first-order valence-corrected chi connectivity index (χ1v) is 9.55. The second-order valence-corrected chi connectivity index (χ2v) is 6.44. The van der Waals surface area contributed by atoms with Gasteiger partial charge in [-0.05, 0) is 64.3 Å². The van der Waals surface area contributed by atoms with E-state index in [0.29, 0.717) is 6.42 Å². The molecule has 2 unspecified atom stereocenters. The quantitative estimate of drug-likeness (QED) is 0.608. The number of hydrogen-bond donors (Lipinski definition) is 1. The fourth-order valence-corrected chi connectivity index (χ4v) is 2.66. The zero-order valence-electron chi connectivity index (χ0n) is 16.3. The predicted octanol–water partition coefficient (Wildman–Crippen LogP) is 4.06. The lowest BCUT2D eigenvalue weighted by atomic mass is 10.1. The summed E-state index contributed by atoms with van der Waals surface area (Å²) in [5.41, 5.74) is 1.31. The van der Waals surface area contributed by atoms with Crippen LogP contribution in [-0.2, 0) is 20.7 Å². The van der Waals surface area contributed by atoms with Gasteiger partial charge in [-0.2, -0.15) is 0 Å². The number of carbonyl (C=O) groups excluding carboxylic acids is 1. The summed E-state index contributed by atoms with van der Waals surface area (Å²) in [6.45, 7) is 8.15. The maximum Gasteiger partial charge on any atom is 0.135 e. The van der Waals surface area contributed by atoms with Gasteiger partial charge in [0.25, 0.3) is 0 Å². The van der Waals surface area contributed by atoms with Gasteiger partial charge in [-0.3, -0.25) is 0 Å². The van der Waals surface area contributed by atoms with Gasteiger partial charge in [0.2, 0.25) is 0 Å². The van der Waals surface area contributed by atoms with Gasteiger partial charge in [0.15, 0.2) is 0 Å². The number of furan rings is 1. The Balaban J connectivity index is 0.000000550. The maximum absolute atomic E-state index is 9.81. The molecule has 0 fully saturated rings. The number of ether oxygens (including phenoxy) is 2. The summed E-state index contributed by atoms with van der Waals surface area (Å²) in [4.78, 5) is 9.81. The third-order valence-electron chi connectivity index (χ3n) is 4.25. The molecule has 0 bridgehead atoms. The molecule has 144 valence electrons. The molecule has 0 aliphatic heterocycles. The van der Waals surface area contributed by atoms with Gasteiger partial charge in [-0.15, -0.1) is 0 Å². The van der Waals surface area contributed by atoms with E-state index in [-0.39, 0.29) is 18.0 Å². The van der Waals surface area contributed by atoms with Crippen LogP contribution in [-0.4, -0.2) is 38.7 Å². The molecule has 0 radical (unpaired) electrons. The van der Waals surface area contributed by atoms with Crippen LogP contribution in [0.15, 0.2) is 16.7 Å². The average Bonchev–Trinajstić information content (AvgIpc) is 3.21. The van der Waals surface area contributed by atoms with E-state index in [1.807, 2.05) is 14.0 Å². The van der Waals surface area contributed by atoms with Crippen molar-refractivity contribution in [2.45, 2.75) is 71.5 Å². The monoisotopic (exact) mass is 353 g/mol. The standard InChI is InChI=1S/C16H27NO3.C4H8O/c1-3-10-18-11-8-14(6-9-17-2)20-15-5-4-13-7-12-19-16(13)15;1-3-4(2)5/h7,12,14-15,17H,3-6,8-11H2,1-2H3;3H2,1-2H3. The van der Waals surface area contributed by atoms with E-state index < -0.39 is 0 Å². The molecule has 0 spiro atoms. The summed E-state index contributed by atoms with van der Waals surface area (Å²) < 4.78 is 17.4. The molecule has 2 rings (SSSR count). The molecular weight excluding hydrogens is 318 g/mol. The largest absolute Gasteiger partial charge is 0.466 e. The van der Waals surface area contributed by atoms with Crippen LogP contribution in [0.3, 0.4) is 0 Å². The molecule has 5 heteroatoms. The smallest absolute Gasteiger partial charge is 0.135 e. The molecule has 1 heterocycles. The van der Waals surface area contributed by atoms with Crippen molar-refractivity contribution in [1.29, 1.82) is 0 Å². The van der Waals surface area contributed by atoms with Crippen molar-refractivity contribution in [2.75, 3.05) is 26.8 Å². The first-order valence-electron chi connectivity index (χ1n) is 9.55. The molecule has 0 saturated carbocycles. The molecule has 1 aromatic rings. The summed E-state index contributed by atoms with van der Waals surface area (Å²) in [6.07, 6.45) is 7.95. The van der Waals surface area contributed by atoms with E-state index in [4.69, 9.17) is 13.9 Å². The lowest BCUT2D eigenvalue weighted by Gasteiger charge is -2.22. The molecule has 5 nitrogen and oxygen atoms in total. The molecule has 1 aliphatic rings. The SMILES string of the molecule is CCC(C)=O.CCCOCCC(CCNC)OC1CCc2ccoc21. The second-order valence-electron chi connectivity index (χ2n) is 6.44. The van der Waals surface area contributed by atoms with Crippen LogP contribution in [0.2, 0.25) is 0 Å². The van der Waals surface area contributed by atoms with Crippen molar-refractivity contribution in [3.63, 3.8) is 0 Å². The van der Waals surface area contributed by atoms with E-state index in [2.05, 4.69) is 18.3 Å². The Kier molecular flexibility index (Phi) is 11.5. The van der Waals surface area contributed by atoms with Gasteiger partial charge in [0.05, 0.1) is 12.4 Å². The molecule has 1 aromatic heterocycles. The van der Waals surface area contributed by atoms with Crippen LogP contribution in [0.4, 0.5) is 0 Å². The van der Waals surface area contributed by atoms with E-state index >= 15 is 0 Å². The average molecular weight is 354 g/mol. The van der Waals surface area contributed by atoms with Crippen LogP contribution in [0.25, 0.3) is 0 Å². The van der Waals surface area contributed by atoms with E-state index in [9.17, 15) is 4.79 Å². The van der Waals surface area contributed by atoms with Crippen molar-refractivity contribution in [2.24, 2.45) is 0 Å². The van der Waals surface area contributed by atoms with Gasteiger partial charge in [-0.1, -0.05) is 13.8 Å². The minimum atomic E-state index is 0.132. The van der Waals surface area contributed by atoms with Crippen molar-refractivity contribution in [3.05, 3.63) is 23.7 Å². The molecule has 0 saturated heterocycles. The third kappa shape index (κ3) is 8.66. The van der Waals surface area contributed by atoms with E-state index in [1.54, 1.807) is 13.2 Å². The number of Topliss-reactive ketones (excluding diaryl/α,β-unsaturated/α-hetero) is 1. The first-order chi connectivity index (χ1) is 12.1. The summed E-state index contributed by atoms with van der Waals surface area (Å²) in [5, 5.41) is 3.19. The van der Waals surface area contributed by atoms with Gasteiger partial charge in [0.1, 0.15) is 17.6 Å². The van der Waals surface area contributed by atoms with Gasteiger partial charge in [-0.25, -0.2) is 0 Å². The highest BCUT2D eigenvalue weighted by molar-refractivity contribution is 5.74. The van der Waals surface area contributed by atoms with E-state index in [1.165, 1.54) is 5.56 Å². The number of rotatable bonds is 11. The lowest BCUT2D eigenvalue weighted by molar-refractivity contribution is -0.116. The van der Waals surface area contributed by atoms with Gasteiger partial charge >= 0.3 is 0 Å². The number of aryl methyl sites for hydroxylation is 1. The Labute approximate surface area is 152 Å². The minimum absolute atomic E-state index is 0.132. The lowest BCUT2D eigenvalue weighted by Crippen LogP contribution is -2.23. The number of carbonyl (C=O) groups is 1. The molecule has 1 N–H and O–H groups in total.